The number of hydrogen-bond acceptors (Lipinski definition) is 10. The number of hydrogen-bond donors (Lipinski definition) is 2. The number of esters is 1. The molecule has 2 aliphatic heterocycles. The van der Waals surface area contributed by atoms with Gasteiger partial charge in [0.15, 0.2) is 5.88 Å². The Morgan fingerprint density at radius 3 is 2.17 bits per heavy atom. The fourth-order valence-corrected chi connectivity index (χ4v) is 6.08. The van der Waals surface area contributed by atoms with Crippen LogP contribution in [0, 0.1) is 12.8 Å². The zero-order valence-corrected chi connectivity index (χ0v) is 29.4. The number of rotatable bonds is 9. The van der Waals surface area contributed by atoms with Crippen molar-refractivity contribution in [3.05, 3.63) is 69.3 Å². The van der Waals surface area contributed by atoms with E-state index in [1.54, 1.807) is 23.1 Å². The summed E-state index contributed by atoms with van der Waals surface area (Å²) in [5, 5.41) is 0.997. The Bertz CT molecular complexity index is 1470. The summed E-state index contributed by atoms with van der Waals surface area (Å²) in [6.07, 6.45) is 5.24. The predicted molar refractivity (Wildman–Crippen MR) is 184 cm³/mol. The molecule has 256 valence electrons. The maximum Gasteiger partial charge on any atom is 0.410 e. The van der Waals surface area contributed by atoms with Gasteiger partial charge in [-0.25, -0.2) is 9.78 Å². The van der Waals surface area contributed by atoms with Crippen molar-refractivity contribution < 1.29 is 23.8 Å². The number of likely N-dealkylation sites (tertiary alicyclic amines) is 1. The molecule has 0 radical (unpaired) electrons. The summed E-state index contributed by atoms with van der Waals surface area (Å²) >= 11 is 12.7. The van der Waals surface area contributed by atoms with Crippen molar-refractivity contribution in [3.63, 3.8) is 0 Å². The number of carbonyl (C=O) groups excluding carboxylic acids is 2. The van der Waals surface area contributed by atoms with Gasteiger partial charge < -0.3 is 35.5 Å². The minimum atomic E-state index is -0.547. The second-order valence-electron chi connectivity index (χ2n) is 13.0. The van der Waals surface area contributed by atoms with Crippen LogP contribution in [0.3, 0.4) is 0 Å². The lowest BCUT2D eigenvalue weighted by Crippen LogP contribution is -2.50. The number of nitrogens with two attached hydrogens (primary N) is 2. The number of aromatic nitrogens is 1. The summed E-state index contributed by atoms with van der Waals surface area (Å²) in [5.41, 5.74) is 15.4. The van der Waals surface area contributed by atoms with Crippen molar-refractivity contribution in [2.24, 2.45) is 17.4 Å². The standard InChI is InChI=1S/C34H46Cl2N6O5/c1-22-25(21-40-10-8-23(9-11-40)16-31(43)45-5)19-28(24-17-26(35)20-27(36)18-24)39-32(22)46-30(38)7-6-29(37)41-12-14-42(15-13-41)33(44)47-34(2,3)4/h6-7,17-20,23H,8-16,21,37-38H2,1-5H3/b29-6+,30-7+. The Hall–Kier alpha value is -3.67. The van der Waals surface area contributed by atoms with Crippen LogP contribution in [-0.2, 0) is 20.8 Å². The molecule has 1 amide bonds. The summed E-state index contributed by atoms with van der Waals surface area (Å²) in [5.74, 6) is 1.14. The van der Waals surface area contributed by atoms with Crippen LogP contribution in [0.5, 0.6) is 5.88 Å². The topological polar surface area (TPSA) is 136 Å². The minimum Gasteiger partial charge on any atom is -0.469 e. The van der Waals surface area contributed by atoms with Gasteiger partial charge in [0, 0.05) is 66.4 Å². The Morgan fingerprint density at radius 2 is 1.57 bits per heavy atom. The number of carbonyl (C=O) groups is 2. The van der Waals surface area contributed by atoms with Crippen LogP contribution in [0.1, 0.15) is 51.2 Å². The molecular weight excluding hydrogens is 643 g/mol. The molecule has 1 aromatic carbocycles. The van der Waals surface area contributed by atoms with Crippen molar-refractivity contribution in [3.8, 4) is 17.1 Å². The van der Waals surface area contributed by atoms with Crippen molar-refractivity contribution in [1.29, 1.82) is 0 Å². The molecule has 0 aliphatic carbocycles. The normalized spacial score (nSPS) is 17.1. The molecule has 0 atom stereocenters. The summed E-state index contributed by atoms with van der Waals surface area (Å²) in [4.78, 5) is 35.0. The van der Waals surface area contributed by atoms with E-state index in [2.05, 4.69) is 4.90 Å². The number of pyridine rings is 1. The van der Waals surface area contributed by atoms with Gasteiger partial charge in [-0.05, 0) is 95.4 Å². The van der Waals surface area contributed by atoms with E-state index >= 15 is 0 Å². The lowest BCUT2D eigenvalue weighted by molar-refractivity contribution is -0.142. The van der Waals surface area contributed by atoms with Crippen molar-refractivity contribution in [2.75, 3.05) is 46.4 Å². The first-order valence-electron chi connectivity index (χ1n) is 15.8. The molecule has 11 nitrogen and oxygen atoms in total. The molecule has 2 fully saturated rings. The molecule has 13 heteroatoms. The number of nitrogens with zero attached hydrogens (tertiary/aromatic N) is 4. The van der Waals surface area contributed by atoms with Gasteiger partial charge in [0.25, 0.3) is 0 Å². The van der Waals surface area contributed by atoms with E-state index in [-0.39, 0.29) is 17.9 Å². The van der Waals surface area contributed by atoms with Crippen LogP contribution in [-0.4, -0.2) is 83.7 Å². The lowest BCUT2D eigenvalue weighted by atomic mass is 9.93. The number of ether oxygens (including phenoxy) is 3. The number of methoxy groups -OCH3 is 1. The zero-order valence-electron chi connectivity index (χ0n) is 27.9. The number of halogens is 2. The highest BCUT2D eigenvalue weighted by Gasteiger charge is 2.26. The summed E-state index contributed by atoms with van der Waals surface area (Å²) in [7, 11) is 1.43. The average molecular weight is 690 g/mol. The molecule has 0 bridgehead atoms. The SMILES string of the molecule is COC(=O)CC1CCN(Cc2cc(-c3cc(Cl)cc(Cl)c3)nc(O/C(N)=C/C=C(\N)N3CCN(C(=O)OC(C)(C)C)CC3)c2C)CC1. The number of benzene rings is 1. The molecule has 2 saturated heterocycles. The molecule has 4 N–H and O–H groups in total. The van der Waals surface area contributed by atoms with Gasteiger partial charge in [0.05, 0.1) is 18.6 Å². The quantitative estimate of drug-likeness (QED) is 0.193. The van der Waals surface area contributed by atoms with E-state index in [1.165, 1.54) is 7.11 Å². The highest BCUT2D eigenvalue weighted by Crippen LogP contribution is 2.32. The molecule has 2 aromatic rings. The van der Waals surface area contributed by atoms with Crippen LogP contribution in [0.25, 0.3) is 11.3 Å². The van der Waals surface area contributed by atoms with E-state index in [4.69, 9.17) is 53.9 Å². The van der Waals surface area contributed by atoms with Crippen LogP contribution < -0.4 is 16.2 Å². The molecular formula is C34H46Cl2N6O5. The minimum absolute atomic E-state index is 0.117. The third-order valence-corrected chi connectivity index (χ3v) is 8.64. The van der Waals surface area contributed by atoms with Crippen molar-refractivity contribution >= 4 is 35.3 Å². The maximum atomic E-state index is 12.4. The number of allylic oxidation sites excluding steroid dienone is 2. The molecule has 1 aromatic heterocycles. The maximum absolute atomic E-state index is 12.4. The second-order valence-corrected chi connectivity index (χ2v) is 13.8. The summed E-state index contributed by atoms with van der Waals surface area (Å²) in [6.45, 7) is 12.0. The van der Waals surface area contributed by atoms with Gasteiger partial charge in [0.2, 0.25) is 5.88 Å². The van der Waals surface area contributed by atoms with E-state index in [1.807, 2.05) is 50.8 Å². The molecule has 0 unspecified atom stereocenters. The van der Waals surface area contributed by atoms with Gasteiger partial charge in [-0.1, -0.05) is 23.2 Å². The van der Waals surface area contributed by atoms with Gasteiger partial charge in [-0.15, -0.1) is 0 Å². The van der Waals surface area contributed by atoms with Gasteiger partial charge in [-0.3, -0.25) is 9.69 Å². The Morgan fingerprint density at radius 1 is 0.957 bits per heavy atom. The highest BCUT2D eigenvalue weighted by molar-refractivity contribution is 6.35. The number of amides is 1. The monoisotopic (exact) mass is 688 g/mol. The molecule has 4 rings (SSSR count). The highest BCUT2D eigenvalue weighted by atomic mass is 35.5. The van der Waals surface area contributed by atoms with Crippen LogP contribution in [0.2, 0.25) is 10.0 Å². The van der Waals surface area contributed by atoms with Gasteiger partial charge >= 0.3 is 12.1 Å². The molecule has 47 heavy (non-hydrogen) atoms. The van der Waals surface area contributed by atoms with E-state index < -0.39 is 5.60 Å². The summed E-state index contributed by atoms with van der Waals surface area (Å²) in [6, 6.07) is 7.32. The molecule has 2 aliphatic rings. The molecule has 3 heterocycles. The zero-order chi connectivity index (χ0) is 34.3. The van der Waals surface area contributed by atoms with E-state index in [0.717, 1.165) is 42.6 Å². The number of piperazine rings is 1. The lowest BCUT2D eigenvalue weighted by Gasteiger charge is -2.36. The third kappa shape index (κ3) is 10.7. The third-order valence-electron chi connectivity index (χ3n) is 8.21. The molecule has 0 saturated carbocycles. The fourth-order valence-electron chi connectivity index (χ4n) is 5.55. The largest absolute Gasteiger partial charge is 0.469 e. The van der Waals surface area contributed by atoms with Gasteiger partial charge in [0.1, 0.15) is 5.60 Å². The average Bonchev–Trinajstić information content (AvgIpc) is 3.01. The summed E-state index contributed by atoms with van der Waals surface area (Å²) < 4.78 is 16.4. The van der Waals surface area contributed by atoms with Crippen LogP contribution in [0.4, 0.5) is 4.79 Å². The van der Waals surface area contributed by atoms with E-state index in [9.17, 15) is 9.59 Å². The first-order chi connectivity index (χ1) is 22.2. The Labute approximate surface area is 287 Å². The molecule has 0 spiro atoms. The second kappa shape index (κ2) is 16.0. The number of piperidine rings is 1. The predicted octanol–water partition coefficient (Wildman–Crippen LogP) is 5.67. The first kappa shape index (κ1) is 36.2. The van der Waals surface area contributed by atoms with Crippen LogP contribution in [0.15, 0.2) is 48.1 Å². The first-order valence-corrected chi connectivity index (χ1v) is 16.6. The Balaban J connectivity index is 1.48. The van der Waals surface area contributed by atoms with E-state index in [0.29, 0.717) is 72.5 Å². The van der Waals surface area contributed by atoms with Crippen molar-refractivity contribution in [2.45, 2.75) is 59.1 Å². The van der Waals surface area contributed by atoms with Gasteiger partial charge in [-0.2, -0.15) is 0 Å². The smallest absolute Gasteiger partial charge is 0.410 e. The van der Waals surface area contributed by atoms with Crippen molar-refractivity contribution in [1.82, 2.24) is 19.7 Å². The van der Waals surface area contributed by atoms with Crippen LogP contribution >= 0.6 is 23.2 Å². The Kier molecular flexibility index (Phi) is 12.3. The fraction of sp³-hybridized carbons (Fsp3) is 0.500.